The third kappa shape index (κ3) is 3.32. The maximum atomic E-state index is 11.2. The molecule has 0 spiro atoms. The Kier molecular flexibility index (Phi) is 4.57. The van der Waals surface area contributed by atoms with E-state index in [4.69, 9.17) is 4.74 Å². The number of nitrogens with zero attached hydrogens (tertiary/aromatic N) is 1. The number of methoxy groups -OCH3 is 1. The van der Waals surface area contributed by atoms with E-state index >= 15 is 0 Å². The third-order valence-electron chi connectivity index (χ3n) is 3.11. The summed E-state index contributed by atoms with van der Waals surface area (Å²) in [6.45, 7) is 0.335. The van der Waals surface area contributed by atoms with E-state index in [-0.39, 0.29) is 11.3 Å². The number of nitro benzene ring substituents is 1. The first-order valence-electron chi connectivity index (χ1n) is 6.40. The predicted octanol–water partition coefficient (Wildman–Crippen LogP) is 2.91. The van der Waals surface area contributed by atoms with Crippen LogP contribution in [-0.2, 0) is 6.54 Å². The Bertz CT molecular complexity index is 715. The minimum atomic E-state index is -1.23. The van der Waals surface area contributed by atoms with Crippen molar-refractivity contribution in [2.75, 3.05) is 12.4 Å². The number of nitrogens with one attached hydrogen (secondary N) is 1. The summed E-state index contributed by atoms with van der Waals surface area (Å²) in [5, 5.41) is 22.9. The molecule has 114 valence electrons. The molecule has 0 radical (unpaired) electrons. The van der Waals surface area contributed by atoms with E-state index in [9.17, 15) is 20.0 Å². The summed E-state index contributed by atoms with van der Waals surface area (Å²) in [5.74, 6) is -0.556. The van der Waals surface area contributed by atoms with Gasteiger partial charge in [-0.25, -0.2) is 4.79 Å². The number of anilines is 1. The lowest BCUT2D eigenvalue weighted by Crippen LogP contribution is -2.07. The van der Waals surface area contributed by atoms with Gasteiger partial charge < -0.3 is 15.2 Å². The fraction of sp³-hybridized carbons (Fsp3) is 0.133. The highest BCUT2D eigenvalue weighted by molar-refractivity contribution is 5.95. The predicted molar refractivity (Wildman–Crippen MR) is 80.4 cm³/mol. The number of para-hydroxylation sites is 1. The molecule has 0 aliphatic carbocycles. The van der Waals surface area contributed by atoms with Crippen LogP contribution in [0.3, 0.4) is 0 Å². The molecule has 2 aromatic rings. The first-order valence-corrected chi connectivity index (χ1v) is 6.40. The normalized spacial score (nSPS) is 10.0. The summed E-state index contributed by atoms with van der Waals surface area (Å²) >= 11 is 0. The van der Waals surface area contributed by atoms with E-state index in [2.05, 4.69) is 5.32 Å². The quantitative estimate of drug-likeness (QED) is 0.628. The fourth-order valence-electron chi connectivity index (χ4n) is 2.02. The van der Waals surface area contributed by atoms with Crippen LogP contribution < -0.4 is 10.1 Å². The second kappa shape index (κ2) is 6.57. The zero-order valence-corrected chi connectivity index (χ0v) is 11.8. The maximum Gasteiger partial charge on any atom is 0.338 e. The molecule has 0 unspecified atom stereocenters. The molecule has 2 aromatic carbocycles. The van der Waals surface area contributed by atoms with E-state index in [1.54, 1.807) is 13.2 Å². The van der Waals surface area contributed by atoms with Crippen LogP contribution in [0.25, 0.3) is 0 Å². The van der Waals surface area contributed by atoms with Crippen LogP contribution in [0.2, 0.25) is 0 Å². The van der Waals surface area contributed by atoms with E-state index in [0.29, 0.717) is 18.0 Å². The van der Waals surface area contributed by atoms with Crippen LogP contribution in [0.5, 0.6) is 5.75 Å². The molecule has 7 heteroatoms. The Balaban J connectivity index is 2.26. The molecular weight excluding hydrogens is 288 g/mol. The van der Waals surface area contributed by atoms with Crippen molar-refractivity contribution in [1.29, 1.82) is 0 Å². The average Bonchev–Trinajstić information content (AvgIpc) is 2.52. The van der Waals surface area contributed by atoms with Crippen LogP contribution in [-0.4, -0.2) is 23.1 Å². The van der Waals surface area contributed by atoms with Crippen molar-refractivity contribution in [2.45, 2.75) is 6.54 Å². The van der Waals surface area contributed by atoms with Crippen LogP contribution in [0.1, 0.15) is 15.9 Å². The summed E-state index contributed by atoms with van der Waals surface area (Å²) in [7, 11) is 1.55. The smallest absolute Gasteiger partial charge is 0.338 e. The number of rotatable bonds is 6. The zero-order chi connectivity index (χ0) is 16.1. The number of benzene rings is 2. The second-order valence-corrected chi connectivity index (χ2v) is 4.46. The summed E-state index contributed by atoms with van der Waals surface area (Å²) in [6, 6.07) is 11.0. The van der Waals surface area contributed by atoms with Crippen LogP contribution in [0.15, 0.2) is 42.5 Å². The maximum absolute atomic E-state index is 11.2. The molecule has 0 saturated carbocycles. The number of hydrogen-bond donors (Lipinski definition) is 2. The Labute approximate surface area is 126 Å². The fourth-order valence-corrected chi connectivity index (χ4v) is 2.02. The van der Waals surface area contributed by atoms with E-state index in [0.717, 1.165) is 11.6 Å². The van der Waals surface area contributed by atoms with Crippen LogP contribution in [0, 0.1) is 10.1 Å². The highest BCUT2D eigenvalue weighted by Crippen LogP contribution is 2.24. The molecule has 7 nitrogen and oxygen atoms in total. The van der Waals surface area contributed by atoms with Crippen molar-refractivity contribution in [3.63, 3.8) is 0 Å². The number of ether oxygens (including phenoxy) is 1. The van der Waals surface area contributed by atoms with E-state index in [1.165, 1.54) is 12.1 Å². The van der Waals surface area contributed by atoms with Crippen LogP contribution in [0.4, 0.5) is 11.4 Å². The third-order valence-corrected chi connectivity index (χ3v) is 3.11. The van der Waals surface area contributed by atoms with Crippen molar-refractivity contribution < 1.29 is 19.6 Å². The molecule has 0 fully saturated rings. The zero-order valence-electron chi connectivity index (χ0n) is 11.8. The molecule has 0 amide bonds. The van der Waals surface area contributed by atoms with Gasteiger partial charge in [-0.05, 0) is 12.1 Å². The number of non-ortho nitro benzene ring substituents is 1. The molecule has 22 heavy (non-hydrogen) atoms. The molecule has 0 bridgehead atoms. The van der Waals surface area contributed by atoms with Gasteiger partial charge in [0.2, 0.25) is 0 Å². The topological polar surface area (TPSA) is 102 Å². The molecule has 2 rings (SSSR count). The molecule has 0 heterocycles. The summed E-state index contributed by atoms with van der Waals surface area (Å²) in [4.78, 5) is 21.3. The van der Waals surface area contributed by atoms with E-state index in [1.807, 2.05) is 18.2 Å². The van der Waals surface area contributed by atoms with Crippen molar-refractivity contribution in [3.8, 4) is 5.75 Å². The van der Waals surface area contributed by atoms with Gasteiger partial charge in [0.15, 0.2) is 0 Å². The van der Waals surface area contributed by atoms with Crippen molar-refractivity contribution in [2.24, 2.45) is 0 Å². The summed E-state index contributed by atoms with van der Waals surface area (Å²) in [5.41, 5.74) is 0.744. The van der Waals surface area contributed by atoms with E-state index < -0.39 is 10.9 Å². The molecule has 0 aromatic heterocycles. The Morgan fingerprint density at radius 1 is 1.32 bits per heavy atom. The number of nitro groups is 1. The Morgan fingerprint density at radius 2 is 2.05 bits per heavy atom. The van der Waals surface area contributed by atoms with Gasteiger partial charge in [-0.15, -0.1) is 0 Å². The molecule has 0 atom stereocenters. The van der Waals surface area contributed by atoms with Crippen molar-refractivity contribution in [1.82, 2.24) is 0 Å². The Hall–Kier alpha value is -3.09. The molecule has 0 aliphatic heterocycles. The molecule has 0 aliphatic rings. The molecular formula is C15H14N2O5. The van der Waals surface area contributed by atoms with Gasteiger partial charge in [-0.2, -0.15) is 0 Å². The number of hydrogen-bond acceptors (Lipinski definition) is 5. The second-order valence-electron chi connectivity index (χ2n) is 4.46. The monoisotopic (exact) mass is 302 g/mol. The average molecular weight is 302 g/mol. The largest absolute Gasteiger partial charge is 0.496 e. The minimum absolute atomic E-state index is 0.149. The first-order chi connectivity index (χ1) is 10.5. The van der Waals surface area contributed by atoms with Crippen molar-refractivity contribution in [3.05, 3.63) is 63.7 Å². The lowest BCUT2D eigenvalue weighted by molar-refractivity contribution is -0.384. The van der Waals surface area contributed by atoms with Gasteiger partial charge >= 0.3 is 5.97 Å². The highest BCUT2D eigenvalue weighted by atomic mass is 16.6. The highest BCUT2D eigenvalue weighted by Gasteiger charge is 2.16. The SMILES string of the molecule is COc1ccccc1CNc1ccc([N+](=O)[O-])cc1C(=O)O. The van der Waals surface area contributed by atoms with Gasteiger partial charge in [0.25, 0.3) is 5.69 Å². The number of carbonyl (C=O) groups is 1. The standard InChI is InChI=1S/C15H14N2O5/c1-22-14-5-3-2-4-10(14)9-16-13-7-6-11(17(20)21)8-12(13)15(18)19/h2-8,16H,9H2,1H3,(H,18,19). The molecule has 2 N–H and O–H groups in total. The number of carboxylic acid groups (broad SMARTS) is 1. The molecule has 0 saturated heterocycles. The first kappa shape index (κ1) is 15.3. The van der Waals surface area contributed by atoms with Gasteiger partial charge in [0.1, 0.15) is 5.75 Å². The van der Waals surface area contributed by atoms with Gasteiger partial charge in [-0.1, -0.05) is 18.2 Å². The van der Waals surface area contributed by atoms with Gasteiger partial charge in [-0.3, -0.25) is 10.1 Å². The van der Waals surface area contributed by atoms with Gasteiger partial charge in [0.05, 0.1) is 17.6 Å². The lowest BCUT2D eigenvalue weighted by atomic mass is 10.1. The van der Waals surface area contributed by atoms with Crippen LogP contribution >= 0.6 is 0 Å². The number of carboxylic acids is 1. The summed E-state index contributed by atoms with van der Waals surface area (Å²) in [6.07, 6.45) is 0. The summed E-state index contributed by atoms with van der Waals surface area (Å²) < 4.78 is 5.22. The Morgan fingerprint density at radius 3 is 2.68 bits per heavy atom. The minimum Gasteiger partial charge on any atom is -0.496 e. The lowest BCUT2D eigenvalue weighted by Gasteiger charge is -2.12. The van der Waals surface area contributed by atoms with Gasteiger partial charge in [0, 0.05) is 29.9 Å². The van der Waals surface area contributed by atoms with Crippen molar-refractivity contribution >= 4 is 17.3 Å². The number of aromatic carboxylic acids is 1.